The minimum Gasteiger partial charge on any atom is -0.465 e. The van der Waals surface area contributed by atoms with E-state index < -0.39 is 17.7 Å². The summed E-state index contributed by atoms with van der Waals surface area (Å²) in [6, 6.07) is 6.29. The molecule has 1 saturated heterocycles. The van der Waals surface area contributed by atoms with Gasteiger partial charge in [-0.05, 0) is 37.0 Å². The van der Waals surface area contributed by atoms with Crippen molar-refractivity contribution in [3.05, 3.63) is 34.9 Å². The van der Waals surface area contributed by atoms with E-state index in [1.54, 1.807) is 31.4 Å². The van der Waals surface area contributed by atoms with Crippen molar-refractivity contribution in [1.82, 2.24) is 4.90 Å². The van der Waals surface area contributed by atoms with Gasteiger partial charge in [0.2, 0.25) is 0 Å². The van der Waals surface area contributed by atoms with E-state index in [0.29, 0.717) is 36.8 Å². The Labute approximate surface area is 146 Å². The molecule has 7 heteroatoms. The number of hydrogen-bond donors (Lipinski definition) is 2. The predicted octanol–water partition coefficient (Wildman–Crippen LogP) is 2.72. The van der Waals surface area contributed by atoms with E-state index in [-0.39, 0.29) is 6.61 Å². The summed E-state index contributed by atoms with van der Waals surface area (Å²) in [5.41, 5.74) is -0.900. The number of halogens is 1. The molecule has 1 amide bonds. The van der Waals surface area contributed by atoms with E-state index >= 15 is 0 Å². The molecular weight excluding hydrogens is 334 g/mol. The molecule has 2 atom stereocenters. The Morgan fingerprint density at radius 3 is 2.88 bits per heavy atom. The topological polar surface area (TPSA) is 79.2 Å². The van der Waals surface area contributed by atoms with E-state index in [9.17, 15) is 15.0 Å². The summed E-state index contributed by atoms with van der Waals surface area (Å²) in [7, 11) is 1.57. The molecule has 2 unspecified atom stereocenters. The maximum Gasteiger partial charge on any atom is 0.407 e. The first kappa shape index (κ1) is 19.0. The van der Waals surface area contributed by atoms with Crippen LogP contribution in [-0.2, 0) is 15.1 Å². The fourth-order valence-electron chi connectivity index (χ4n) is 3.16. The van der Waals surface area contributed by atoms with Crippen molar-refractivity contribution in [2.75, 3.05) is 33.5 Å². The van der Waals surface area contributed by atoms with E-state index in [1.165, 1.54) is 4.90 Å². The second-order valence-corrected chi connectivity index (χ2v) is 6.40. The second-order valence-electron chi connectivity index (χ2n) is 5.97. The lowest BCUT2D eigenvalue weighted by Crippen LogP contribution is -2.57. The van der Waals surface area contributed by atoms with Crippen LogP contribution in [0.2, 0.25) is 5.02 Å². The third kappa shape index (κ3) is 4.39. The average molecular weight is 358 g/mol. The molecule has 1 aromatic carbocycles. The zero-order valence-corrected chi connectivity index (χ0v) is 14.5. The van der Waals surface area contributed by atoms with Crippen molar-refractivity contribution in [2.24, 2.45) is 0 Å². The molecule has 1 aromatic rings. The number of carbonyl (C=O) groups is 1. The van der Waals surface area contributed by atoms with Gasteiger partial charge < -0.3 is 24.6 Å². The van der Waals surface area contributed by atoms with Crippen LogP contribution in [0.4, 0.5) is 4.79 Å². The quantitative estimate of drug-likeness (QED) is 0.733. The van der Waals surface area contributed by atoms with Gasteiger partial charge in [0.15, 0.2) is 0 Å². The van der Waals surface area contributed by atoms with Gasteiger partial charge in [-0.2, -0.15) is 0 Å². The van der Waals surface area contributed by atoms with Gasteiger partial charge in [-0.3, -0.25) is 0 Å². The van der Waals surface area contributed by atoms with Crippen LogP contribution in [-0.4, -0.2) is 60.7 Å². The Morgan fingerprint density at radius 1 is 1.42 bits per heavy atom. The highest BCUT2D eigenvalue weighted by atomic mass is 35.5. The highest BCUT2D eigenvalue weighted by Crippen LogP contribution is 2.35. The zero-order chi connectivity index (χ0) is 17.6. The molecule has 2 N–H and O–H groups in total. The monoisotopic (exact) mass is 357 g/mol. The number of nitrogens with zero attached hydrogens (tertiary/aromatic N) is 1. The third-order valence-corrected chi connectivity index (χ3v) is 4.61. The van der Waals surface area contributed by atoms with Crippen LogP contribution in [0, 0.1) is 0 Å². The van der Waals surface area contributed by atoms with Crippen LogP contribution in [0.3, 0.4) is 0 Å². The standard InChI is InChI=1S/C17H24ClNO5/c1-23-9-10-24-12-17(22,13-5-4-6-14(18)11-13)15-7-2-3-8-19(15)16(20)21/h4-6,11,15,22H,2-3,7-10,12H2,1H3,(H,20,21). The number of aliphatic hydroxyl groups is 1. The van der Waals surface area contributed by atoms with Gasteiger partial charge in [0, 0.05) is 18.7 Å². The summed E-state index contributed by atoms with van der Waals surface area (Å²) in [6.07, 6.45) is 1.19. The molecule has 134 valence electrons. The molecule has 0 radical (unpaired) electrons. The smallest absolute Gasteiger partial charge is 0.407 e. The first-order valence-corrected chi connectivity index (χ1v) is 8.41. The molecular formula is C17H24ClNO5. The first-order valence-electron chi connectivity index (χ1n) is 8.03. The SMILES string of the molecule is COCCOCC(O)(c1cccc(Cl)c1)C1CCCCN1C(=O)O. The number of ether oxygens (including phenoxy) is 2. The molecule has 6 nitrogen and oxygen atoms in total. The molecule has 0 spiro atoms. The van der Waals surface area contributed by atoms with Crippen LogP contribution in [0.5, 0.6) is 0 Å². The van der Waals surface area contributed by atoms with E-state index in [0.717, 1.165) is 12.8 Å². The Balaban J connectivity index is 2.31. The van der Waals surface area contributed by atoms with Gasteiger partial charge in [-0.25, -0.2) is 4.79 Å². The van der Waals surface area contributed by atoms with E-state index in [2.05, 4.69) is 0 Å². The van der Waals surface area contributed by atoms with Crippen molar-refractivity contribution in [3.63, 3.8) is 0 Å². The lowest BCUT2D eigenvalue weighted by atomic mass is 9.81. The second kappa shape index (κ2) is 8.67. The average Bonchev–Trinajstić information content (AvgIpc) is 2.58. The molecule has 0 aromatic heterocycles. The van der Waals surface area contributed by atoms with Gasteiger partial charge in [0.05, 0.1) is 25.9 Å². The summed E-state index contributed by atoms with van der Waals surface area (Å²) >= 11 is 6.07. The van der Waals surface area contributed by atoms with Crippen LogP contribution in [0.25, 0.3) is 0 Å². The number of piperidine rings is 1. The van der Waals surface area contributed by atoms with Crippen LogP contribution < -0.4 is 0 Å². The Morgan fingerprint density at radius 2 is 2.21 bits per heavy atom. The molecule has 1 fully saturated rings. The largest absolute Gasteiger partial charge is 0.465 e. The number of methoxy groups -OCH3 is 1. The summed E-state index contributed by atoms with van der Waals surface area (Å²) in [5.74, 6) is 0. The minimum atomic E-state index is -1.46. The Kier molecular flexibility index (Phi) is 6.86. The molecule has 2 rings (SSSR count). The highest BCUT2D eigenvalue weighted by Gasteiger charge is 2.45. The number of likely N-dealkylation sites (tertiary alicyclic amines) is 1. The maximum absolute atomic E-state index is 11.6. The van der Waals surface area contributed by atoms with Crippen molar-refractivity contribution < 1.29 is 24.5 Å². The van der Waals surface area contributed by atoms with Crippen molar-refractivity contribution in [3.8, 4) is 0 Å². The highest BCUT2D eigenvalue weighted by molar-refractivity contribution is 6.30. The molecule has 0 saturated carbocycles. The van der Waals surface area contributed by atoms with E-state index in [1.807, 2.05) is 0 Å². The van der Waals surface area contributed by atoms with E-state index in [4.69, 9.17) is 21.1 Å². The maximum atomic E-state index is 11.6. The fraction of sp³-hybridized carbons (Fsp3) is 0.588. The summed E-state index contributed by atoms with van der Waals surface area (Å²) in [6.45, 7) is 1.10. The Bertz CT molecular complexity index is 556. The molecule has 1 heterocycles. The van der Waals surface area contributed by atoms with Crippen molar-refractivity contribution in [1.29, 1.82) is 0 Å². The van der Waals surface area contributed by atoms with Crippen LogP contribution >= 0.6 is 11.6 Å². The molecule has 24 heavy (non-hydrogen) atoms. The number of carboxylic acid groups (broad SMARTS) is 1. The van der Waals surface area contributed by atoms with Gasteiger partial charge in [0.25, 0.3) is 0 Å². The molecule has 1 aliphatic heterocycles. The lowest BCUT2D eigenvalue weighted by molar-refractivity contribution is -0.113. The number of benzene rings is 1. The van der Waals surface area contributed by atoms with Gasteiger partial charge >= 0.3 is 6.09 Å². The molecule has 0 aliphatic carbocycles. The zero-order valence-electron chi connectivity index (χ0n) is 13.8. The minimum absolute atomic E-state index is 0.0227. The molecule has 1 aliphatic rings. The van der Waals surface area contributed by atoms with Gasteiger partial charge in [-0.1, -0.05) is 23.7 Å². The number of hydrogen-bond acceptors (Lipinski definition) is 4. The normalized spacial score (nSPS) is 20.6. The fourth-order valence-corrected chi connectivity index (χ4v) is 3.35. The summed E-state index contributed by atoms with van der Waals surface area (Å²) in [5, 5.41) is 21.4. The number of rotatable bonds is 7. The van der Waals surface area contributed by atoms with Crippen molar-refractivity contribution in [2.45, 2.75) is 30.9 Å². The molecule has 0 bridgehead atoms. The summed E-state index contributed by atoms with van der Waals surface area (Å²) in [4.78, 5) is 12.9. The van der Waals surface area contributed by atoms with Gasteiger partial charge in [0.1, 0.15) is 5.60 Å². The lowest BCUT2D eigenvalue weighted by Gasteiger charge is -2.44. The number of amides is 1. The van der Waals surface area contributed by atoms with Crippen LogP contribution in [0.1, 0.15) is 24.8 Å². The van der Waals surface area contributed by atoms with Crippen LogP contribution in [0.15, 0.2) is 24.3 Å². The Hall–Kier alpha value is -1.34. The van der Waals surface area contributed by atoms with Gasteiger partial charge in [-0.15, -0.1) is 0 Å². The summed E-state index contributed by atoms with van der Waals surface area (Å²) < 4.78 is 10.5. The third-order valence-electron chi connectivity index (χ3n) is 4.38. The van der Waals surface area contributed by atoms with Crippen molar-refractivity contribution >= 4 is 17.7 Å². The predicted molar refractivity (Wildman–Crippen MR) is 90.4 cm³/mol. The first-order chi connectivity index (χ1) is 11.5.